The smallest absolute Gasteiger partial charge is 0.295 e. The van der Waals surface area contributed by atoms with Gasteiger partial charge in [-0.3, -0.25) is 0 Å². The summed E-state index contributed by atoms with van der Waals surface area (Å²) in [4.78, 5) is 4.31. The number of aromatic nitrogens is 4. The second-order valence-electron chi connectivity index (χ2n) is 6.28. The highest BCUT2D eigenvalue weighted by Crippen LogP contribution is 2.32. The van der Waals surface area contributed by atoms with Gasteiger partial charge in [-0.2, -0.15) is 0 Å². The highest BCUT2D eigenvalue weighted by molar-refractivity contribution is 5.75. The third kappa shape index (κ3) is 4.33. The van der Waals surface area contributed by atoms with E-state index in [1.165, 1.54) is 12.1 Å². The second-order valence-corrected chi connectivity index (χ2v) is 6.28. The molecule has 0 radical (unpaired) electrons. The van der Waals surface area contributed by atoms with E-state index in [2.05, 4.69) is 20.6 Å². The van der Waals surface area contributed by atoms with Crippen LogP contribution in [-0.4, -0.2) is 26.6 Å². The monoisotopic (exact) mass is 393 g/mol. The van der Waals surface area contributed by atoms with Gasteiger partial charge in [0.15, 0.2) is 5.76 Å². The fourth-order valence-electron chi connectivity index (χ4n) is 2.87. The van der Waals surface area contributed by atoms with Crippen LogP contribution in [0.5, 0.6) is 0 Å². The predicted octanol–water partition coefficient (Wildman–Crippen LogP) is 4.35. The minimum absolute atomic E-state index is 0.216. The first kappa shape index (κ1) is 18.8. The fraction of sp³-hybridized carbons (Fsp3) is 0.190. The number of halogens is 1. The van der Waals surface area contributed by atoms with E-state index in [0.29, 0.717) is 36.3 Å². The van der Waals surface area contributed by atoms with Gasteiger partial charge in [0.05, 0.1) is 6.20 Å². The Labute approximate surface area is 167 Å². The van der Waals surface area contributed by atoms with Crippen LogP contribution in [0.15, 0.2) is 65.2 Å². The second kappa shape index (κ2) is 8.66. The van der Waals surface area contributed by atoms with Crippen molar-refractivity contribution in [2.45, 2.75) is 20.2 Å². The summed E-state index contributed by atoms with van der Waals surface area (Å²) in [5, 5.41) is 11.6. The summed E-state index contributed by atoms with van der Waals surface area (Å²) in [6, 6.07) is 16.4. The number of rotatable bonds is 8. The van der Waals surface area contributed by atoms with Gasteiger partial charge in [-0.1, -0.05) is 35.5 Å². The molecule has 29 heavy (non-hydrogen) atoms. The largest absolute Gasteiger partial charge is 0.422 e. The zero-order chi connectivity index (χ0) is 20.1. The first-order valence-electron chi connectivity index (χ1n) is 9.25. The number of hydrogen-bond donors (Lipinski definition) is 1. The van der Waals surface area contributed by atoms with E-state index >= 15 is 0 Å². The predicted molar refractivity (Wildman–Crippen MR) is 106 cm³/mol. The van der Waals surface area contributed by atoms with Gasteiger partial charge in [-0.05, 0) is 36.8 Å². The number of hydrogen-bond acceptors (Lipinski definition) is 6. The molecule has 7 nitrogen and oxygen atoms in total. The van der Waals surface area contributed by atoms with Gasteiger partial charge in [-0.15, -0.1) is 5.10 Å². The van der Waals surface area contributed by atoms with E-state index in [1.807, 2.05) is 37.3 Å². The number of oxazole rings is 1. The molecule has 2 aromatic heterocycles. The minimum Gasteiger partial charge on any atom is -0.422 e. The van der Waals surface area contributed by atoms with Crippen molar-refractivity contribution in [3.63, 3.8) is 0 Å². The lowest BCUT2D eigenvalue weighted by atomic mass is 10.1. The molecule has 0 unspecified atom stereocenters. The SMILES string of the molecule is CCOCn1nnc(-c2ccc(F)cc2)c1-c1cnc(NCc2ccccc2)o1. The van der Waals surface area contributed by atoms with E-state index in [-0.39, 0.29) is 12.5 Å². The van der Waals surface area contributed by atoms with Crippen molar-refractivity contribution >= 4 is 6.01 Å². The van der Waals surface area contributed by atoms with E-state index < -0.39 is 0 Å². The zero-order valence-corrected chi connectivity index (χ0v) is 15.9. The molecule has 4 rings (SSSR count). The van der Waals surface area contributed by atoms with Crippen LogP contribution in [0.25, 0.3) is 22.7 Å². The molecule has 0 spiro atoms. The average molecular weight is 393 g/mol. The van der Waals surface area contributed by atoms with Crippen molar-refractivity contribution in [2.24, 2.45) is 0 Å². The van der Waals surface area contributed by atoms with Gasteiger partial charge in [0.1, 0.15) is 23.9 Å². The van der Waals surface area contributed by atoms with Crippen LogP contribution in [0, 0.1) is 5.82 Å². The minimum atomic E-state index is -0.316. The molecule has 4 aromatic rings. The van der Waals surface area contributed by atoms with E-state index in [9.17, 15) is 4.39 Å². The zero-order valence-electron chi connectivity index (χ0n) is 15.9. The van der Waals surface area contributed by atoms with Crippen LogP contribution >= 0.6 is 0 Å². The molecule has 0 bridgehead atoms. The summed E-state index contributed by atoms with van der Waals surface area (Å²) < 4.78 is 26.3. The molecular formula is C21H20FN5O2. The molecule has 0 aliphatic rings. The van der Waals surface area contributed by atoms with E-state index in [0.717, 1.165) is 11.1 Å². The van der Waals surface area contributed by atoms with Crippen LogP contribution in [0.2, 0.25) is 0 Å². The molecule has 0 aliphatic heterocycles. The Hall–Kier alpha value is -3.52. The lowest BCUT2D eigenvalue weighted by Gasteiger charge is -2.06. The standard InChI is InChI=1S/C21H20FN5O2/c1-2-28-14-27-20(19(25-26-27)16-8-10-17(22)11-9-16)18-13-24-21(29-18)23-12-15-6-4-3-5-7-15/h3-11,13H,2,12,14H2,1H3,(H,23,24). The molecule has 2 aromatic carbocycles. The van der Waals surface area contributed by atoms with Crippen molar-refractivity contribution in [1.29, 1.82) is 0 Å². The van der Waals surface area contributed by atoms with Gasteiger partial charge in [-0.25, -0.2) is 14.1 Å². The maximum absolute atomic E-state index is 13.3. The Morgan fingerprint density at radius 3 is 2.66 bits per heavy atom. The molecule has 8 heteroatoms. The van der Waals surface area contributed by atoms with Gasteiger partial charge in [0, 0.05) is 18.7 Å². The van der Waals surface area contributed by atoms with Crippen molar-refractivity contribution in [1.82, 2.24) is 20.0 Å². The van der Waals surface area contributed by atoms with Crippen LogP contribution < -0.4 is 5.32 Å². The Balaban J connectivity index is 1.63. The highest BCUT2D eigenvalue weighted by Gasteiger charge is 2.20. The molecule has 0 fully saturated rings. The molecule has 148 valence electrons. The average Bonchev–Trinajstić information content (AvgIpc) is 3.39. The van der Waals surface area contributed by atoms with Gasteiger partial charge in [0.2, 0.25) is 0 Å². The molecular weight excluding hydrogens is 373 g/mol. The summed E-state index contributed by atoms with van der Waals surface area (Å²) in [6.07, 6.45) is 1.61. The quantitative estimate of drug-likeness (QED) is 0.480. The van der Waals surface area contributed by atoms with Crippen LogP contribution in [0.1, 0.15) is 12.5 Å². The van der Waals surface area contributed by atoms with Gasteiger partial charge >= 0.3 is 0 Å². The van der Waals surface area contributed by atoms with Crippen LogP contribution in [-0.2, 0) is 18.0 Å². The topological polar surface area (TPSA) is 78.0 Å². The Bertz CT molecular complexity index is 1060. The summed E-state index contributed by atoms with van der Waals surface area (Å²) >= 11 is 0. The van der Waals surface area contributed by atoms with Crippen molar-refractivity contribution < 1.29 is 13.5 Å². The Morgan fingerprint density at radius 2 is 1.90 bits per heavy atom. The molecule has 0 saturated carbocycles. The number of anilines is 1. The van der Waals surface area contributed by atoms with Gasteiger partial charge in [0.25, 0.3) is 6.01 Å². The van der Waals surface area contributed by atoms with Crippen molar-refractivity contribution in [3.8, 4) is 22.7 Å². The normalized spacial score (nSPS) is 11.0. The maximum atomic E-state index is 13.3. The van der Waals surface area contributed by atoms with E-state index in [1.54, 1.807) is 23.0 Å². The molecule has 0 aliphatic carbocycles. The summed E-state index contributed by atoms with van der Waals surface area (Å²) in [6.45, 7) is 3.23. The lowest BCUT2D eigenvalue weighted by molar-refractivity contribution is 0.0787. The van der Waals surface area contributed by atoms with E-state index in [4.69, 9.17) is 9.15 Å². The summed E-state index contributed by atoms with van der Waals surface area (Å²) in [7, 11) is 0. The first-order valence-corrected chi connectivity index (χ1v) is 9.25. The third-order valence-corrected chi connectivity index (χ3v) is 4.30. The number of benzene rings is 2. The lowest BCUT2D eigenvalue weighted by Crippen LogP contribution is -2.06. The first-order chi connectivity index (χ1) is 14.2. The maximum Gasteiger partial charge on any atom is 0.295 e. The van der Waals surface area contributed by atoms with Crippen LogP contribution in [0.3, 0.4) is 0 Å². The summed E-state index contributed by atoms with van der Waals surface area (Å²) in [5.74, 6) is 0.175. The molecule has 0 saturated heterocycles. The number of nitrogens with zero attached hydrogens (tertiary/aromatic N) is 4. The van der Waals surface area contributed by atoms with Crippen molar-refractivity contribution in [3.05, 3.63) is 72.2 Å². The van der Waals surface area contributed by atoms with Crippen LogP contribution in [0.4, 0.5) is 10.4 Å². The Kier molecular flexibility index (Phi) is 5.62. The van der Waals surface area contributed by atoms with Crippen molar-refractivity contribution in [2.75, 3.05) is 11.9 Å². The Morgan fingerprint density at radius 1 is 1.10 bits per heavy atom. The third-order valence-electron chi connectivity index (χ3n) is 4.30. The molecule has 2 heterocycles. The number of ether oxygens (including phenoxy) is 1. The molecule has 0 amide bonds. The highest BCUT2D eigenvalue weighted by atomic mass is 19.1. The molecule has 0 atom stereocenters. The molecule has 1 N–H and O–H groups in total. The summed E-state index contributed by atoms with van der Waals surface area (Å²) in [5.41, 5.74) is 3.02. The number of nitrogens with one attached hydrogen (secondary N) is 1. The fourth-order valence-corrected chi connectivity index (χ4v) is 2.87. The van der Waals surface area contributed by atoms with Gasteiger partial charge < -0.3 is 14.5 Å².